The predicted octanol–water partition coefficient (Wildman–Crippen LogP) is 3.03. The third kappa shape index (κ3) is 4.61. The van der Waals surface area contributed by atoms with E-state index in [0.717, 1.165) is 0 Å². The Hall–Kier alpha value is -0.420. The molecule has 3 nitrogen and oxygen atoms in total. The second-order valence-electron chi connectivity index (χ2n) is 3.31. The molecule has 0 saturated heterocycles. The van der Waals surface area contributed by atoms with Crippen molar-refractivity contribution in [2.45, 2.75) is 20.0 Å². The molecule has 0 fully saturated rings. The zero-order valence-electron chi connectivity index (χ0n) is 9.36. The largest absolute Gasteiger partial charge is 0.379 e. The smallest absolute Gasteiger partial charge is 0.198 e. The molecule has 1 aromatic heterocycles. The van der Waals surface area contributed by atoms with Crippen molar-refractivity contribution in [3.8, 4) is 0 Å². The first-order valence-electron chi connectivity index (χ1n) is 5.11. The number of carbonyl (C=O) groups excluding carboxylic acids is 1. The maximum absolute atomic E-state index is 11.6. The van der Waals surface area contributed by atoms with Crippen LogP contribution in [0.15, 0.2) is 12.1 Å². The minimum Gasteiger partial charge on any atom is -0.379 e. The first-order valence-corrected chi connectivity index (χ1v) is 6.30. The molecule has 1 heterocycles. The number of Topliss-reactive ketones (excluding diaryl/α,β-unsaturated/α-hetero) is 1. The van der Waals surface area contributed by atoms with Crippen LogP contribution in [0, 0.1) is 0 Å². The van der Waals surface area contributed by atoms with Crippen LogP contribution in [-0.4, -0.2) is 31.7 Å². The lowest BCUT2D eigenvalue weighted by molar-refractivity contribution is 0.00127. The van der Waals surface area contributed by atoms with Crippen LogP contribution in [0.5, 0.6) is 0 Å². The molecule has 0 aliphatic carbocycles. The highest BCUT2D eigenvalue weighted by atomic mass is 35.5. The van der Waals surface area contributed by atoms with Gasteiger partial charge in [0, 0.05) is 6.61 Å². The number of hydrogen-bond acceptors (Lipinski definition) is 4. The molecule has 1 atom stereocenters. The fraction of sp³-hybridized carbons (Fsp3) is 0.545. The van der Waals surface area contributed by atoms with E-state index in [1.165, 1.54) is 11.3 Å². The van der Waals surface area contributed by atoms with Gasteiger partial charge in [-0.25, -0.2) is 0 Å². The molecule has 0 bridgehead atoms. The summed E-state index contributed by atoms with van der Waals surface area (Å²) in [5.41, 5.74) is 0. The lowest BCUT2D eigenvalue weighted by Gasteiger charge is -2.11. The van der Waals surface area contributed by atoms with Crippen LogP contribution in [0.2, 0.25) is 4.34 Å². The van der Waals surface area contributed by atoms with Crippen molar-refractivity contribution in [1.82, 2.24) is 0 Å². The van der Waals surface area contributed by atoms with Gasteiger partial charge in [-0.3, -0.25) is 4.79 Å². The molecule has 5 heteroatoms. The third-order valence-electron chi connectivity index (χ3n) is 1.90. The summed E-state index contributed by atoms with van der Waals surface area (Å²) in [5, 5.41) is 0. The first kappa shape index (κ1) is 13.6. The highest BCUT2D eigenvalue weighted by molar-refractivity contribution is 7.18. The van der Waals surface area contributed by atoms with Crippen LogP contribution in [0.1, 0.15) is 23.5 Å². The Kier molecular flexibility index (Phi) is 5.98. The Morgan fingerprint density at radius 1 is 1.56 bits per heavy atom. The van der Waals surface area contributed by atoms with Gasteiger partial charge in [0.15, 0.2) is 5.78 Å². The molecule has 0 spiro atoms. The molecule has 90 valence electrons. The summed E-state index contributed by atoms with van der Waals surface area (Å²) in [7, 11) is 0. The molecule has 0 aliphatic heterocycles. The van der Waals surface area contributed by atoms with Gasteiger partial charge in [0.2, 0.25) is 0 Å². The minimum atomic E-state index is -0.0701. The highest BCUT2D eigenvalue weighted by Gasteiger charge is 2.11. The van der Waals surface area contributed by atoms with E-state index in [1.54, 1.807) is 12.1 Å². The lowest BCUT2D eigenvalue weighted by Crippen LogP contribution is -2.20. The quantitative estimate of drug-likeness (QED) is 0.709. The minimum absolute atomic E-state index is 0.0414. The van der Waals surface area contributed by atoms with Crippen LogP contribution in [-0.2, 0) is 9.47 Å². The summed E-state index contributed by atoms with van der Waals surface area (Å²) in [4.78, 5) is 12.3. The summed E-state index contributed by atoms with van der Waals surface area (Å²) in [5.74, 6) is -0.0414. The van der Waals surface area contributed by atoms with E-state index >= 15 is 0 Å². The van der Waals surface area contributed by atoms with Gasteiger partial charge in [0.25, 0.3) is 0 Å². The van der Waals surface area contributed by atoms with Crippen LogP contribution >= 0.6 is 22.9 Å². The maximum atomic E-state index is 11.6. The molecule has 16 heavy (non-hydrogen) atoms. The van der Waals surface area contributed by atoms with Crippen molar-refractivity contribution in [1.29, 1.82) is 0 Å². The van der Waals surface area contributed by atoms with Crippen molar-refractivity contribution in [2.24, 2.45) is 0 Å². The lowest BCUT2D eigenvalue weighted by atomic mass is 10.3. The Balaban J connectivity index is 2.30. The van der Waals surface area contributed by atoms with Gasteiger partial charge in [0.1, 0.15) is 6.61 Å². The Bertz CT molecular complexity index is 338. The molecular weight excluding hydrogens is 248 g/mol. The molecule has 1 unspecified atom stereocenters. The van der Waals surface area contributed by atoms with Crippen molar-refractivity contribution >= 4 is 28.7 Å². The molecular formula is C11H15ClO3S. The van der Waals surface area contributed by atoms with Crippen LogP contribution in [0.25, 0.3) is 0 Å². The maximum Gasteiger partial charge on any atom is 0.198 e. The summed E-state index contributed by atoms with van der Waals surface area (Å²) in [6.45, 7) is 5.04. The van der Waals surface area contributed by atoms with Crippen molar-refractivity contribution in [3.05, 3.63) is 21.3 Å². The fourth-order valence-corrected chi connectivity index (χ4v) is 2.05. The van der Waals surface area contributed by atoms with Crippen LogP contribution < -0.4 is 0 Å². The van der Waals surface area contributed by atoms with Crippen molar-refractivity contribution < 1.29 is 14.3 Å². The molecule has 0 aromatic carbocycles. The number of thiophene rings is 1. The monoisotopic (exact) mass is 262 g/mol. The number of rotatable bonds is 7. The van der Waals surface area contributed by atoms with E-state index in [1.807, 2.05) is 13.8 Å². The number of hydrogen-bond donors (Lipinski definition) is 0. The average molecular weight is 263 g/mol. The van der Waals surface area contributed by atoms with E-state index in [9.17, 15) is 4.79 Å². The fourth-order valence-electron chi connectivity index (χ4n) is 1.09. The second kappa shape index (κ2) is 7.01. The van der Waals surface area contributed by atoms with E-state index in [2.05, 4.69) is 0 Å². The van der Waals surface area contributed by atoms with Crippen LogP contribution in [0.3, 0.4) is 0 Å². The molecule has 0 saturated carbocycles. The molecule has 1 rings (SSSR count). The summed E-state index contributed by atoms with van der Waals surface area (Å²) in [6, 6.07) is 3.43. The highest BCUT2D eigenvalue weighted by Crippen LogP contribution is 2.21. The van der Waals surface area contributed by atoms with Crippen LogP contribution in [0.4, 0.5) is 0 Å². The molecule has 0 radical (unpaired) electrons. The van der Waals surface area contributed by atoms with E-state index in [4.69, 9.17) is 21.1 Å². The normalized spacial score (nSPS) is 12.7. The zero-order chi connectivity index (χ0) is 12.0. The average Bonchev–Trinajstić information content (AvgIpc) is 2.69. The van der Waals surface area contributed by atoms with Gasteiger partial charge in [-0.2, -0.15) is 0 Å². The Morgan fingerprint density at radius 3 is 2.88 bits per heavy atom. The van der Waals surface area contributed by atoms with Gasteiger partial charge in [-0.1, -0.05) is 11.6 Å². The van der Waals surface area contributed by atoms with Crippen molar-refractivity contribution in [3.63, 3.8) is 0 Å². The topological polar surface area (TPSA) is 35.5 Å². The first-order chi connectivity index (χ1) is 7.63. The van der Waals surface area contributed by atoms with Crippen molar-refractivity contribution in [2.75, 3.05) is 19.8 Å². The SMILES string of the molecule is CCOCC(C)OCC(=O)c1ccc(Cl)s1. The number of halogens is 1. The van der Waals surface area contributed by atoms with E-state index < -0.39 is 0 Å². The van der Waals surface area contributed by atoms with E-state index in [0.29, 0.717) is 22.4 Å². The van der Waals surface area contributed by atoms with Gasteiger partial charge in [-0.15, -0.1) is 11.3 Å². The molecule has 0 aliphatic rings. The predicted molar refractivity (Wildman–Crippen MR) is 65.6 cm³/mol. The van der Waals surface area contributed by atoms with E-state index in [-0.39, 0.29) is 18.5 Å². The summed E-state index contributed by atoms with van der Waals surface area (Å²) < 4.78 is 11.2. The summed E-state index contributed by atoms with van der Waals surface area (Å²) >= 11 is 7.01. The molecule has 1 aromatic rings. The summed E-state index contributed by atoms with van der Waals surface area (Å²) in [6.07, 6.45) is -0.0701. The van der Waals surface area contributed by atoms with Gasteiger partial charge in [0.05, 0.1) is 21.9 Å². The molecule has 0 amide bonds. The Labute approximate surface area is 104 Å². The second-order valence-corrected chi connectivity index (χ2v) is 5.02. The van der Waals surface area contributed by atoms with Gasteiger partial charge >= 0.3 is 0 Å². The van der Waals surface area contributed by atoms with Gasteiger partial charge < -0.3 is 9.47 Å². The number of carbonyl (C=O) groups is 1. The van der Waals surface area contributed by atoms with Gasteiger partial charge in [-0.05, 0) is 26.0 Å². The third-order valence-corrected chi connectivity index (χ3v) is 3.18. The molecule has 0 N–H and O–H groups in total. The standard InChI is InChI=1S/C11H15ClO3S/c1-3-14-6-8(2)15-7-9(13)10-4-5-11(12)16-10/h4-5,8H,3,6-7H2,1-2H3. The zero-order valence-corrected chi connectivity index (χ0v) is 10.9. The Morgan fingerprint density at radius 2 is 2.31 bits per heavy atom. The number of ether oxygens (including phenoxy) is 2. The number of ketones is 1.